The molecule has 23 heavy (non-hydrogen) atoms. The van der Waals surface area contributed by atoms with Crippen LogP contribution in [-0.2, 0) is 24.2 Å². The second-order valence-electron chi connectivity index (χ2n) is 6.30. The quantitative estimate of drug-likeness (QED) is 0.860. The van der Waals surface area contributed by atoms with E-state index >= 15 is 0 Å². The van der Waals surface area contributed by atoms with Gasteiger partial charge in [0.1, 0.15) is 0 Å². The highest BCUT2D eigenvalue weighted by atomic mass is 16.5. The standard InChI is InChI=1S/C20H26N2O/c1-15(14-23-2)22-12-16-6-8-17(9-7-16)19-5-3-4-18-13-21-11-10-20(18)19/h3-9,15,21-22H,10-14H2,1-2H3. The first-order valence-electron chi connectivity index (χ1n) is 8.41. The van der Waals surface area contributed by atoms with Crippen molar-refractivity contribution in [1.82, 2.24) is 10.6 Å². The fraction of sp³-hybridized carbons (Fsp3) is 0.400. The highest BCUT2D eigenvalue weighted by Crippen LogP contribution is 2.28. The van der Waals surface area contributed by atoms with E-state index in [2.05, 4.69) is 60.0 Å². The average Bonchev–Trinajstić information content (AvgIpc) is 2.60. The Morgan fingerprint density at radius 1 is 1.17 bits per heavy atom. The van der Waals surface area contributed by atoms with Crippen molar-refractivity contribution in [3.63, 3.8) is 0 Å². The van der Waals surface area contributed by atoms with Gasteiger partial charge >= 0.3 is 0 Å². The summed E-state index contributed by atoms with van der Waals surface area (Å²) in [7, 11) is 1.74. The van der Waals surface area contributed by atoms with E-state index in [-0.39, 0.29) is 0 Å². The number of hydrogen-bond acceptors (Lipinski definition) is 3. The van der Waals surface area contributed by atoms with Gasteiger partial charge in [0, 0.05) is 26.2 Å². The third-order valence-electron chi connectivity index (χ3n) is 4.48. The van der Waals surface area contributed by atoms with Gasteiger partial charge in [-0.1, -0.05) is 42.5 Å². The number of ether oxygens (including phenoxy) is 1. The van der Waals surface area contributed by atoms with Crippen LogP contribution in [0, 0.1) is 0 Å². The first kappa shape index (κ1) is 16.2. The molecule has 0 spiro atoms. The first-order valence-corrected chi connectivity index (χ1v) is 8.41. The average molecular weight is 310 g/mol. The molecule has 2 N–H and O–H groups in total. The Morgan fingerprint density at radius 3 is 2.78 bits per heavy atom. The summed E-state index contributed by atoms with van der Waals surface area (Å²) in [5.74, 6) is 0. The van der Waals surface area contributed by atoms with Crippen LogP contribution >= 0.6 is 0 Å². The lowest BCUT2D eigenvalue weighted by atomic mass is 9.91. The van der Waals surface area contributed by atoms with Gasteiger partial charge in [-0.05, 0) is 47.7 Å². The summed E-state index contributed by atoms with van der Waals surface area (Å²) in [5, 5.41) is 6.92. The molecule has 122 valence electrons. The van der Waals surface area contributed by atoms with Gasteiger partial charge < -0.3 is 15.4 Å². The summed E-state index contributed by atoms with van der Waals surface area (Å²) in [6, 6.07) is 16.0. The summed E-state index contributed by atoms with van der Waals surface area (Å²) in [5.41, 5.74) is 6.95. The minimum absolute atomic E-state index is 0.369. The molecule has 1 aliphatic heterocycles. The summed E-state index contributed by atoms with van der Waals surface area (Å²) in [4.78, 5) is 0. The predicted molar refractivity (Wildman–Crippen MR) is 95.5 cm³/mol. The van der Waals surface area contributed by atoms with Crippen molar-refractivity contribution in [2.24, 2.45) is 0 Å². The number of nitrogens with one attached hydrogen (secondary N) is 2. The maximum atomic E-state index is 5.15. The molecule has 2 aromatic rings. The number of fused-ring (bicyclic) bond motifs is 1. The number of rotatable bonds is 6. The monoisotopic (exact) mass is 310 g/mol. The number of benzene rings is 2. The second kappa shape index (κ2) is 7.73. The third-order valence-corrected chi connectivity index (χ3v) is 4.48. The molecular formula is C20H26N2O. The molecule has 2 aromatic carbocycles. The summed E-state index contributed by atoms with van der Waals surface area (Å²) in [6.07, 6.45) is 1.11. The molecule has 1 atom stereocenters. The molecular weight excluding hydrogens is 284 g/mol. The normalized spacial score (nSPS) is 15.2. The van der Waals surface area contributed by atoms with Gasteiger partial charge in [-0.25, -0.2) is 0 Å². The van der Waals surface area contributed by atoms with Crippen molar-refractivity contribution in [1.29, 1.82) is 0 Å². The summed E-state index contributed by atoms with van der Waals surface area (Å²) >= 11 is 0. The first-order chi connectivity index (χ1) is 11.3. The number of hydrogen-bond donors (Lipinski definition) is 2. The smallest absolute Gasteiger partial charge is 0.0613 e. The number of methoxy groups -OCH3 is 1. The Bertz CT molecular complexity index is 637. The lowest BCUT2D eigenvalue weighted by Crippen LogP contribution is -2.29. The van der Waals surface area contributed by atoms with Gasteiger partial charge in [-0.15, -0.1) is 0 Å². The summed E-state index contributed by atoms with van der Waals surface area (Å²) in [6.45, 7) is 5.82. The Kier molecular flexibility index (Phi) is 5.44. The van der Waals surface area contributed by atoms with Crippen LogP contribution in [0.25, 0.3) is 11.1 Å². The zero-order valence-corrected chi connectivity index (χ0v) is 14.1. The molecule has 3 rings (SSSR count). The molecule has 0 bridgehead atoms. The molecule has 1 heterocycles. The van der Waals surface area contributed by atoms with E-state index in [0.29, 0.717) is 6.04 Å². The van der Waals surface area contributed by atoms with Crippen LogP contribution in [-0.4, -0.2) is 26.3 Å². The Balaban J connectivity index is 1.73. The van der Waals surface area contributed by atoms with Gasteiger partial charge in [0.15, 0.2) is 0 Å². The molecule has 1 unspecified atom stereocenters. The Hall–Kier alpha value is -1.68. The minimum Gasteiger partial charge on any atom is -0.383 e. The van der Waals surface area contributed by atoms with Gasteiger partial charge in [0.2, 0.25) is 0 Å². The van der Waals surface area contributed by atoms with E-state index in [1.807, 2.05) is 0 Å². The topological polar surface area (TPSA) is 33.3 Å². The van der Waals surface area contributed by atoms with E-state index in [1.54, 1.807) is 7.11 Å². The largest absolute Gasteiger partial charge is 0.383 e. The van der Waals surface area contributed by atoms with Crippen molar-refractivity contribution in [2.45, 2.75) is 32.5 Å². The van der Waals surface area contributed by atoms with Gasteiger partial charge in [0.25, 0.3) is 0 Å². The van der Waals surface area contributed by atoms with Crippen molar-refractivity contribution < 1.29 is 4.74 Å². The lowest BCUT2D eigenvalue weighted by Gasteiger charge is -2.20. The van der Waals surface area contributed by atoms with Crippen LogP contribution in [0.4, 0.5) is 0 Å². The van der Waals surface area contributed by atoms with Gasteiger partial charge in [-0.3, -0.25) is 0 Å². The highest BCUT2D eigenvalue weighted by Gasteiger charge is 2.13. The molecule has 0 aliphatic carbocycles. The highest BCUT2D eigenvalue weighted by molar-refractivity contribution is 5.69. The van der Waals surface area contributed by atoms with E-state index in [4.69, 9.17) is 4.74 Å². The van der Waals surface area contributed by atoms with Crippen LogP contribution in [0.1, 0.15) is 23.6 Å². The molecule has 0 saturated heterocycles. The molecule has 0 radical (unpaired) electrons. The lowest BCUT2D eigenvalue weighted by molar-refractivity contribution is 0.171. The molecule has 0 fully saturated rings. The maximum Gasteiger partial charge on any atom is 0.0613 e. The van der Waals surface area contributed by atoms with Crippen molar-refractivity contribution in [3.05, 3.63) is 59.2 Å². The van der Waals surface area contributed by atoms with Crippen LogP contribution in [0.3, 0.4) is 0 Å². The molecule has 3 heteroatoms. The van der Waals surface area contributed by atoms with E-state index < -0.39 is 0 Å². The van der Waals surface area contributed by atoms with Crippen molar-refractivity contribution in [3.8, 4) is 11.1 Å². The zero-order chi connectivity index (χ0) is 16.1. The minimum atomic E-state index is 0.369. The second-order valence-corrected chi connectivity index (χ2v) is 6.30. The third kappa shape index (κ3) is 3.99. The van der Waals surface area contributed by atoms with E-state index in [1.165, 1.54) is 27.8 Å². The molecule has 0 amide bonds. The van der Waals surface area contributed by atoms with Crippen molar-refractivity contribution >= 4 is 0 Å². The maximum absolute atomic E-state index is 5.15. The SMILES string of the molecule is COCC(C)NCc1ccc(-c2cccc3c2CCNC3)cc1. The van der Waals surface area contributed by atoms with Crippen LogP contribution in [0.5, 0.6) is 0 Å². The van der Waals surface area contributed by atoms with Crippen LogP contribution in [0.15, 0.2) is 42.5 Å². The molecule has 3 nitrogen and oxygen atoms in total. The van der Waals surface area contributed by atoms with E-state index in [9.17, 15) is 0 Å². The predicted octanol–water partition coefficient (Wildman–Crippen LogP) is 3.12. The Morgan fingerprint density at radius 2 is 2.00 bits per heavy atom. The summed E-state index contributed by atoms with van der Waals surface area (Å²) < 4.78 is 5.15. The van der Waals surface area contributed by atoms with E-state index in [0.717, 1.165) is 32.7 Å². The Labute approximate surface area is 139 Å². The van der Waals surface area contributed by atoms with Gasteiger partial charge in [-0.2, -0.15) is 0 Å². The van der Waals surface area contributed by atoms with Crippen LogP contribution in [0.2, 0.25) is 0 Å². The fourth-order valence-electron chi connectivity index (χ4n) is 3.21. The van der Waals surface area contributed by atoms with Crippen molar-refractivity contribution in [2.75, 3.05) is 20.3 Å². The molecule has 1 aliphatic rings. The van der Waals surface area contributed by atoms with Crippen LogP contribution < -0.4 is 10.6 Å². The zero-order valence-electron chi connectivity index (χ0n) is 14.1. The molecule has 0 aromatic heterocycles. The van der Waals surface area contributed by atoms with Gasteiger partial charge in [0.05, 0.1) is 6.61 Å². The molecule has 0 saturated carbocycles. The fourth-order valence-corrected chi connectivity index (χ4v) is 3.21.